The van der Waals surface area contributed by atoms with Gasteiger partial charge in [0.2, 0.25) is 5.91 Å². The van der Waals surface area contributed by atoms with Gasteiger partial charge >= 0.3 is 5.97 Å². The standard InChI is InChI=1S/C12H15NO4/c1-3-17-8-11(14)13-10-6-4-9(5-7-10)12(15)16-2/h4-7H,3,8H2,1-2H3,(H,13,14). The fourth-order valence-electron chi connectivity index (χ4n) is 1.20. The van der Waals surface area contributed by atoms with Crippen LogP contribution in [0, 0.1) is 0 Å². The predicted molar refractivity (Wildman–Crippen MR) is 62.9 cm³/mol. The van der Waals surface area contributed by atoms with E-state index < -0.39 is 5.97 Å². The van der Waals surface area contributed by atoms with Gasteiger partial charge in [-0.1, -0.05) is 0 Å². The summed E-state index contributed by atoms with van der Waals surface area (Å²) in [6.45, 7) is 2.34. The highest BCUT2D eigenvalue weighted by Crippen LogP contribution is 2.10. The zero-order valence-electron chi connectivity index (χ0n) is 9.86. The van der Waals surface area contributed by atoms with Gasteiger partial charge in [0.05, 0.1) is 12.7 Å². The lowest BCUT2D eigenvalue weighted by Gasteiger charge is -2.05. The fraction of sp³-hybridized carbons (Fsp3) is 0.333. The van der Waals surface area contributed by atoms with E-state index in [1.165, 1.54) is 7.11 Å². The van der Waals surface area contributed by atoms with Crippen LogP contribution >= 0.6 is 0 Å². The van der Waals surface area contributed by atoms with E-state index in [2.05, 4.69) is 10.1 Å². The average molecular weight is 237 g/mol. The normalized spacial score (nSPS) is 9.76. The lowest BCUT2D eigenvalue weighted by molar-refractivity contribution is -0.120. The maximum Gasteiger partial charge on any atom is 0.337 e. The van der Waals surface area contributed by atoms with Gasteiger partial charge in [-0.3, -0.25) is 4.79 Å². The van der Waals surface area contributed by atoms with Crippen LogP contribution in [-0.4, -0.2) is 32.2 Å². The van der Waals surface area contributed by atoms with Crippen LogP contribution in [0.3, 0.4) is 0 Å². The number of esters is 1. The van der Waals surface area contributed by atoms with E-state index in [1.54, 1.807) is 24.3 Å². The molecule has 0 aliphatic rings. The Morgan fingerprint density at radius 2 is 1.88 bits per heavy atom. The predicted octanol–water partition coefficient (Wildman–Crippen LogP) is 1.45. The molecule has 0 spiro atoms. The van der Waals surface area contributed by atoms with Crippen molar-refractivity contribution in [1.29, 1.82) is 0 Å². The molecule has 0 radical (unpaired) electrons. The van der Waals surface area contributed by atoms with E-state index in [0.717, 1.165) is 0 Å². The number of anilines is 1. The number of methoxy groups -OCH3 is 1. The minimum atomic E-state index is -0.405. The average Bonchev–Trinajstić information content (AvgIpc) is 2.36. The summed E-state index contributed by atoms with van der Waals surface area (Å²) < 4.78 is 9.52. The number of amides is 1. The number of benzene rings is 1. The Morgan fingerprint density at radius 3 is 2.41 bits per heavy atom. The largest absolute Gasteiger partial charge is 0.465 e. The van der Waals surface area contributed by atoms with Crippen molar-refractivity contribution in [1.82, 2.24) is 0 Å². The molecular formula is C12H15NO4. The molecule has 17 heavy (non-hydrogen) atoms. The van der Waals surface area contributed by atoms with Gasteiger partial charge in [-0.25, -0.2) is 4.79 Å². The molecule has 1 amide bonds. The van der Waals surface area contributed by atoms with Crippen molar-refractivity contribution in [3.63, 3.8) is 0 Å². The highest BCUT2D eigenvalue weighted by molar-refractivity contribution is 5.93. The third kappa shape index (κ3) is 4.24. The SMILES string of the molecule is CCOCC(=O)Nc1ccc(C(=O)OC)cc1. The van der Waals surface area contributed by atoms with E-state index in [4.69, 9.17) is 4.74 Å². The maximum absolute atomic E-state index is 11.3. The van der Waals surface area contributed by atoms with E-state index in [-0.39, 0.29) is 12.5 Å². The monoisotopic (exact) mass is 237 g/mol. The second-order valence-corrected chi connectivity index (χ2v) is 3.25. The molecule has 1 aromatic rings. The number of hydrogen-bond acceptors (Lipinski definition) is 4. The number of carbonyl (C=O) groups is 2. The van der Waals surface area contributed by atoms with Gasteiger partial charge < -0.3 is 14.8 Å². The van der Waals surface area contributed by atoms with E-state index in [9.17, 15) is 9.59 Å². The summed E-state index contributed by atoms with van der Waals surface area (Å²) in [5.41, 5.74) is 1.05. The summed E-state index contributed by atoms with van der Waals surface area (Å²) in [7, 11) is 1.32. The minimum Gasteiger partial charge on any atom is -0.465 e. The fourth-order valence-corrected chi connectivity index (χ4v) is 1.20. The lowest BCUT2D eigenvalue weighted by atomic mass is 10.2. The third-order valence-electron chi connectivity index (χ3n) is 2.03. The molecule has 0 fully saturated rings. The van der Waals surface area contributed by atoms with Gasteiger partial charge in [0.15, 0.2) is 0 Å². The molecular weight excluding hydrogens is 222 g/mol. The Bertz CT molecular complexity index is 386. The molecule has 0 heterocycles. The molecule has 0 atom stereocenters. The summed E-state index contributed by atoms with van der Waals surface area (Å²) in [5, 5.41) is 2.64. The minimum absolute atomic E-state index is 0.0231. The molecule has 1 rings (SSSR count). The zero-order valence-corrected chi connectivity index (χ0v) is 9.86. The quantitative estimate of drug-likeness (QED) is 0.787. The van der Waals surface area contributed by atoms with Crippen molar-refractivity contribution in [2.75, 3.05) is 25.6 Å². The highest BCUT2D eigenvalue weighted by atomic mass is 16.5. The number of carbonyl (C=O) groups excluding carboxylic acids is 2. The van der Waals surface area contributed by atoms with Gasteiger partial charge in [-0.15, -0.1) is 0 Å². The van der Waals surface area contributed by atoms with Crippen molar-refractivity contribution >= 4 is 17.6 Å². The number of hydrogen-bond donors (Lipinski definition) is 1. The second-order valence-electron chi connectivity index (χ2n) is 3.25. The third-order valence-corrected chi connectivity index (χ3v) is 2.03. The number of nitrogens with one attached hydrogen (secondary N) is 1. The first-order valence-corrected chi connectivity index (χ1v) is 5.23. The van der Waals surface area contributed by atoms with Gasteiger partial charge in [0.25, 0.3) is 0 Å². The van der Waals surface area contributed by atoms with Crippen LogP contribution in [0.15, 0.2) is 24.3 Å². The van der Waals surface area contributed by atoms with Gasteiger partial charge in [-0.2, -0.15) is 0 Å². The smallest absolute Gasteiger partial charge is 0.337 e. The molecule has 0 aliphatic carbocycles. The molecule has 1 N–H and O–H groups in total. The summed E-state index contributed by atoms with van der Waals surface area (Å²) >= 11 is 0. The molecule has 5 nitrogen and oxygen atoms in total. The Hall–Kier alpha value is -1.88. The first-order chi connectivity index (χ1) is 8.17. The number of rotatable bonds is 5. The molecule has 0 bridgehead atoms. The van der Waals surface area contributed by atoms with Crippen LogP contribution in [0.1, 0.15) is 17.3 Å². The molecule has 0 saturated carbocycles. The van der Waals surface area contributed by atoms with Crippen molar-refractivity contribution in [2.24, 2.45) is 0 Å². The van der Waals surface area contributed by atoms with E-state index >= 15 is 0 Å². The molecule has 0 aliphatic heterocycles. The van der Waals surface area contributed by atoms with Crippen LogP contribution < -0.4 is 5.32 Å². The van der Waals surface area contributed by atoms with Gasteiger partial charge in [0.1, 0.15) is 6.61 Å². The molecule has 0 unspecified atom stereocenters. The van der Waals surface area contributed by atoms with E-state index in [1.807, 2.05) is 6.92 Å². The Morgan fingerprint density at radius 1 is 1.24 bits per heavy atom. The topological polar surface area (TPSA) is 64.6 Å². The zero-order chi connectivity index (χ0) is 12.7. The Kier molecular flexibility index (Phi) is 5.16. The highest BCUT2D eigenvalue weighted by Gasteiger charge is 2.05. The van der Waals surface area contributed by atoms with Crippen molar-refractivity contribution in [3.05, 3.63) is 29.8 Å². The van der Waals surface area contributed by atoms with Crippen molar-refractivity contribution in [3.8, 4) is 0 Å². The number of ether oxygens (including phenoxy) is 2. The molecule has 5 heteroatoms. The Balaban J connectivity index is 2.56. The van der Waals surface area contributed by atoms with Crippen LogP contribution in [0.2, 0.25) is 0 Å². The molecule has 92 valence electrons. The molecule has 0 saturated heterocycles. The first kappa shape index (κ1) is 13.2. The summed E-state index contributed by atoms with van der Waals surface area (Å²) in [6.07, 6.45) is 0. The summed E-state index contributed by atoms with van der Waals surface area (Å²) in [5.74, 6) is -0.630. The van der Waals surface area contributed by atoms with Crippen LogP contribution in [0.4, 0.5) is 5.69 Å². The van der Waals surface area contributed by atoms with Crippen LogP contribution in [0.25, 0.3) is 0 Å². The van der Waals surface area contributed by atoms with Crippen LogP contribution in [0.5, 0.6) is 0 Å². The summed E-state index contributed by atoms with van der Waals surface area (Å²) in [6, 6.07) is 6.44. The van der Waals surface area contributed by atoms with Crippen molar-refractivity contribution in [2.45, 2.75) is 6.92 Å². The summed E-state index contributed by atoms with van der Waals surface area (Å²) in [4.78, 5) is 22.5. The van der Waals surface area contributed by atoms with Gasteiger partial charge in [-0.05, 0) is 31.2 Å². The van der Waals surface area contributed by atoms with Gasteiger partial charge in [0, 0.05) is 12.3 Å². The molecule has 0 aromatic heterocycles. The maximum atomic E-state index is 11.3. The first-order valence-electron chi connectivity index (χ1n) is 5.23. The van der Waals surface area contributed by atoms with Crippen LogP contribution in [-0.2, 0) is 14.3 Å². The van der Waals surface area contributed by atoms with E-state index in [0.29, 0.717) is 17.9 Å². The second kappa shape index (κ2) is 6.65. The van der Waals surface area contributed by atoms with Crippen molar-refractivity contribution < 1.29 is 19.1 Å². The Labute approximate surface area is 99.7 Å². The lowest BCUT2D eigenvalue weighted by Crippen LogP contribution is -2.18. The molecule has 1 aromatic carbocycles.